The van der Waals surface area contributed by atoms with Gasteiger partial charge in [0.25, 0.3) is 0 Å². The average molecular weight is 316 g/mol. The molecule has 0 N–H and O–H groups in total. The molecular formula is C15H28N2O3S. The standard InChI is InChI=1S/C15H28N2O3S/c1-13-5-3-6-14(11-13)12-15(18)16-7-4-8-17(10-9-16)21(2,19)20/h13-14H,3-12H2,1-2H3/t13-,14-/m0/s1. The van der Waals surface area contributed by atoms with Crippen LogP contribution in [0.1, 0.15) is 45.4 Å². The van der Waals surface area contributed by atoms with E-state index in [1.807, 2.05) is 4.90 Å². The molecule has 1 amide bonds. The van der Waals surface area contributed by atoms with Crippen molar-refractivity contribution in [1.29, 1.82) is 0 Å². The number of hydrogen-bond donors (Lipinski definition) is 0. The predicted molar refractivity (Wildman–Crippen MR) is 83.4 cm³/mol. The molecule has 0 aromatic carbocycles. The third-order valence-corrected chi connectivity index (χ3v) is 6.09. The molecule has 1 aliphatic carbocycles. The Balaban J connectivity index is 1.85. The first-order valence-electron chi connectivity index (χ1n) is 8.09. The fraction of sp³-hybridized carbons (Fsp3) is 0.933. The molecule has 0 aromatic heterocycles. The van der Waals surface area contributed by atoms with Crippen LogP contribution in [0.5, 0.6) is 0 Å². The summed E-state index contributed by atoms with van der Waals surface area (Å²) in [5, 5.41) is 0. The van der Waals surface area contributed by atoms with E-state index >= 15 is 0 Å². The van der Waals surface area contributed by atoms with Crippen molar-refractivity contribution in [3.05, 3.63) is 0 Å². The van der Waals surface area contributed by atoms with Gasteiger partial charge >= 0.3 is 0 Å². The highest BCUT2D eigenvalue weighted by Crippen LogP contribution is 2.31. The molecular weight excluding hydrogens is 288 g/mol. The van der Waals surface area contributed by atoms with Gasteiger partial charge in [0.1, 0.15) is 0 Å². The summed E-state index contributed by atoms with van der Waals surface area (Å²) in [5.74, 6) is 1.47. The topological polar surface area (TPSA) is 57.7 Å². The first kappa shape index (κ1) is 16.7. The summed E-state index contributed by atoms with van der Waals surface area (Å²) in [6.07, 6.45) is 7.48. The molecule has 2 fully saturated rings. The van der Waals surface area contributed by atoms with Gasteiger partial charge in [0.05, 0.1) is 6.26 Å². The molecule has 0 aromatic rings. The highest BCUT2D eigenvalue weighted by molar-refractivity contribution is 7.88. The minimum Gasteiger partial charge on any atom is -0.341 e. The second kappa shape index (κ2) is 7.09. The first-order valence-corrected chi connectivity index (χ1v) is 9.94. The second-order valence-corrected chi connectivity index (χ2v) is 8.72. The van der Waals surface area contributed by atoms with E-state index in [1.165, 1.54) is 29.8 Å². The molecule has 0 spiro atoms. The van der Waals surface area contributed by atoms with Gasteiger partial charge in [-0.25, -0.2) is 12.7 Å². The number of sulfonamides is 1. The van der Waals surface area contributed by atoms with Crippen molar-refractivity contribution in [1.82, 2.24) is 9.21 Å². The number of amides is 1. The molecule has 122 valence electrons. The van der Waals surface area contributed by atoms with E-state index in [1.54, 1.807) is 0 Å². The van der Waals surface area contributed by atoms with Crippen molar-refractivity contribution in [3.8, 4) is 0 Å². The molecule has 1 heterocycles. The Morgan fingerprint density at radius 1 is 1.10 bits per heavy atom. The molecule has 2 aliphatic rings. The molecule has 1 aliphatic heterocycles. The van der Waals surface area contributed by atoms with Gasteiger partial charge in [-0.15, -0.1) is 0 Å². The van der Waals surface area contributed by atoms with E-state index in [2.05, 4.69) is 6.92 Å². The van der Waals surface area contributed by atoms with Crippen LogP contribution in [-0.2, 0) is 14.8 Å². The highest BCUT2D eigenvalue weighted by atomic mass is 32.2. The van der Waals surface area contributed by atoms with E-state index in [9.17, 15) is 13.2 Å². The zero-order valence-electron chi connectivity index (χ0n) is 13.3. The van der Waals surface area contributed by atoms with Crippen LogP contribution in [0, 0.1) is 11.8 Å². The monoisotopic (exact) mass is 316 g/mol. The molecule has 0 unspecified atom stereocenters. The van der Waals surface area contributed by atoms with Crippen molar-refractivity contribution >= 4 is 15.9 Å². The normalized spacial score (nSPS) is 29.1. The van der Waals surface area contributed by atoms with E-state index in [-0.39, 0.29) is 5.91 Å². The van der Waals surface area contributed by atoms with Gasteiger partial charge in [-0.1, -0.05) is 19.8 Å². The minimum atomic E-state index is -3.14. The maximum atomic E-state index is 12.4. The number of carbonyl (C=O) groups excluding carboxylic acids is 1. The van der Waals surface area contributed by atoms with Crippen LogP contribution in [0.3, 0.4) is 0 Å². The Bertz CT molecular complexity index is 464. The highest BCUT2D eigenvalue weighted by Gasteiger charge is 2.27. The Morgan fingerprint density at radius 3 is 2.52 bits per heavy atom. The van der Waals surface area contributed by atoms with Gasteiger partial charge in [0.15, 0.2) is 0 Å². The average Bonchev–Trinajstić information content (AvgIpc) is 2.63. The molecule has 2 rings (SSSR count). The van der Waals surface area contributed by atoms with Crippen LogP contribution in [-0.4, -0.2) is 56.0 Å². The largest absolute Gasteiger partial charge is 0.341 e. The number of nitrogens with zero attached hydrogens (tertiary/aromatic N) is 2. The van der Waals surface area contributed by atoms with E-state index < -0.39 is 10.0 Å². The van der Waals surface area contributed by atoms with Crippen LogP contribution in [0.2, 0.25) is 0 Å². The zero-order valence-corrected chi connectivity index (χ0v) is 14.1. The molecule has 6 heteroatoms. The minimum absolute atomic E-state index is 0.212. The smallest absolute Gasteiger partial charge is 0.222 e. The Labute approximate surface area is 128 Å². The van der Waals surface area contributed by atoms with Crippen LogP contribution in [0.25, 0.3) is 0 Å². The van der Waals surface area contributed by atoms with Crippen LogP contribution in [0.15, 0.2) is 0 Å². The predicted octanol–water partition coefficient (Wildman–Crippen LogP) is 1.70. The van der Waals surface area contributed by atoms with Crippen molar-refractivity contribution in [3.63, 3.8) is 0 Å². The van der Waals surface area contributed by atoms with E-state index in [4.69, 9.17) is 0 Å². The lowest BCUT2D eigenvalue weighted by atomic mass is 9.80. The lowest BCUT2D eigenvalue weighted by Gasteiger charge is -2.28. The molecule has 0 bridgehead atoms. The van der Waals surface area contributed by atoms with Crippen molar-refractivity contribution in [2.45, 2.75) is 45.4 Å². The van der Waals surface area contributed by atoms with E-state index in [0.717, 1.165) is 18.8 Å². The summed E-state index contributed by atoms with van der Waals surface area (Å²) in [6.45, 7) is 4.46. The molecule has 1 saturated carbocycles. The molecule has 2 atom stereocenters. The van der Waals surface area contributed by atoms with Gasteiger partial charge < -0.3 is 4.90 Å². The summed E-state index contributed by atoms with van der Waals surface area (Å²) < 4.78 is 24.7. The zero-order chi connectivity index (χ0) is 15.5. The lowest BCUT2D eigenvalue weighted by Crippen LogP contribution is -2.37. The van der Waals surface area contributed by atoms with E-state index in [0.29, 0.717) is 38.5 Å². The summed E-state index contributed by atoms with van der Waals surface area (Å²) in [5.41, 5.74) is 0. The van der Waals surface area contributed by atoms with Crippen molar-refractivity contribution < 1.29 is 13.2 Å². The van der Waals surface area contributed by atoms with Crippen molar-refractivity contribution in [2.24, 2.45) is 11.8 Å². The van der Waals surface area contributed by atoms with Gasteiger partial charge in [-0.2, -0.15) is 0 Å². The van der Waals surface area contributed by atoms with Gasteiger partial charge in [0.2, 0.25) is 15.9 Å². The molecule has 1 saturated heterocycles. The summed E-state index contributed by atoms with van der Waals surface area (Å²) in [4.78, 5) is 14.3. The molecule has 21 heavy (non-hydrogen) atoms. The van der Waals surface area contributed by atoms with Crippen LogP contribution in [0.4, 0.5) is 0 Å². The van der Waals surface area contributed by atoms with Crippen molar-refractivity contribution in [2.75, 3.05) is 32.4 Å². The fourth-order valence-corrected chi connectivity index (χ4v) is 4.47. The summed E-state index contributed by atoms with van der Waals surface area (Å²) in [6, 6.07) is 0. The first-order chi connectivity index (χ1) is 9.86. The fourth-order valence-electron chi connectivity index (χ4n) is 3.60. The van der Waals surface area contributed by atoms with Gasteiger partial charge in [0, 0.05) is 32.6 Å². The van der Waals surface area contributed by atoms with Crippen LogP contribution >= 0.6 is 0 Å². The maximum absolute atomic E-state index is 12.4. The molecule has 0 radical (unpaired) electrons. The van der Waals surface area contributed by atoms with Crippen LogP contribution < -0.4 is 0 Å². The third kappa shape index (κ3) is 4.95. The number of hydrogen-bond acceptors (Lipinski definition) is 3. The van der Waals surface area contributed by atoms with Gasteiger partial charge in [-0.05, 0) is 31.1 Å². The summed E-state index contributed by atoms with van der Waals surface area (Å²) >= 11 is 0. The molecule has 5 nitrogen and oxygen atoms in total. The van der Waals surface area contributed by atoms with Gasteiger partial charge in [-0.3, -0.25) is 4.79 Å². The summed E-state index contributed by atoms with van der Waals surface area (Å²) in [7, 11) is -3.14. The number of carbonyl (C=O) groups is 1. The Morgan fingerprint density at radius 2 is 1.86 bits per heavy atom. The Kier molecular flexibility index (Phi) is 5.66. The third-order valence-electron chi connectivity index (χ3n) is 4.78. The number of rotatable bonds is 3. The quantitative estimate of drug-likeness (QED) is 0.796. The second-order valence-electron chi connectivity index (χ2n) is 6.74. The maximum Gasteiger partial charge on any atom is 0.222 e. The Hall–Kier alpha value is -0.620. The SMILES string of the molecule is C[C@H]1CCC[C@H](CC(=O)N2CCCN(S(C)(=O)=O)CC2)C1. The lowest BCUT2D eigenvalue weighted by molar-refractivity contribution is -0.132.